The van der Waals surface area contributed by atoms with Gasteiger partial charge < -0.3 is 24.8 Å². The Morgan fingerprint density at radius 3 is 2.28 bits per heavy atom. The maximum atomic E-state index is 11.5. The van der Waals surface area contributed by atoms with Crippen molar-refractivity contribution < 1.29 is 29.6 Å². The first-order valence-corrected chi connectivity index (χ1v) is 5.90. The summed E-state index contributed by atoms with van der Waals surface area (Å²) in [6.45, 7) is 3.13. The summed E-state index contributed by atoms with van der Waals surface area (Å²) in [6, 6.07) is 0. The van der Waals surface area contributed by atoms with Crippen molar-refractivity contribution in [2.24, 2.45) is 5.41 Å². The highest BCUT2D eigenvalue weighted by Crippen LogP contribution is 2.25. The van der Waals surface area contributed by atoms with Gasteiger partial charge in [0.15, 0.2) is 0 Å². The van der Waals surface area contributed by atoms with Crippen LogP contribution in [0.25, 0.3) is 0 Å². The van der Waals surface area contributed by atoms with Crippen molar-refractivity contribution in [1.82, 2.24) is 0 Å². The molecule has 0 radical (unpaired) electrons. The smallest absolute Gasteiger partial charge is 0.335 e. The molecule has 3 N–H and O–H groups in total. The van der Waals surface area contributed by atoms with E-state index in [4.69, 9.17) is 24.8 Å². The Kier molecular flexibility index (Phi) is 5.74. The molecule has 1 heterocycles. The second-order valence-corrected chi connectivity index (χ2v) is 4.57. The van der Waals surface area contributed by atoms with Crippen LogP contribution in [0.4, 0.5) is 0 Å². The topological polar surface area (TPSA) is 96.2 Å². The molecule has 1 fully saturated rings. The molecule has 6 heteroatoms. The van der Waals surface area contributed by atoms with Crippen molar-refractivity contribution in [2.45, 2.75) is 25.6 Å². The van der Waals surface area contributed by atoms with Gasteiger partial charge in [0.25, 0.3) is 0 Å². The fraction of sp³-hybridized carbons (Fsp3) is 0.750. The number of hydrogen-bond donors (Lipinski definition) is 3. The SMILES string of the molecule is C=C(CCC(CO)(CO)CO)C(=O)OC1CCO1. The number of esters is 1. The number of carbonyl (C=O) groups is 1. The second-order valence-electron chi connectivity index (χ2n) is 4.57. The fourth-order valence-electron chi connectivity index (χ4n) is 1.42. The maximum Gasteiger partial charge on any atom is 0.335 e. The van der Waals surface area contributed by atoms with Gasteiger partial charge in [-0.05, 0) is 12.8 Å². The monoisotopic (exact) mass is 260 g/mol. The van der Waals surface area contributed by atoms with Crippen LogP contribution in [0.5, 0.6) is 0 Å². The lowest BCUT2D eigenvalue weighted by Crippen LogP contribution is -2.35. The van der Waals surface area contributed by atoms with E-state index < -0.39 is 17.7 Å². The van der Waals surface area contributed by atoms with Crippen LogP contribution in [0.15, 0.2) is 12.2 Å². The average molecular weight is 260 g/mol. The largest absolute Gasteiger partial charge is 0.432 e. The predicted octanol–water partition coefficient (Wildman–Crippen LogP) is -0.424. The van der Waals surface area contributed by atoms with E-state index in [1.807, 2.05) is 0 Å². The van der Waals surface area contributed by atoms with E-state index in [1.165, 1.54) is 0 Å². The Morgan fingerprint density at radius 2 is 1.89 bits per heavy atom. The molecule has 0 aromatic carbocycles. The minimum Gasteiger partial charge on any atom is -0.432 e. The van der Waals surface area contributed by atoms with Crippen LogP contribution < -0.4 is 0 Å². The molecule has 18 heavy (non-hydrogen) atoms. The van der Waals surface area contributed by atoms with E-state index >= 15 is 0 Å². The van der Waals surface area contributed by atoms with Crippen molar-refractivity contribution in [3.05, 3.63) is 12.2 Å². The van der Waals surface area contributed by atoms with Crippen LogP contribution in [-0.4, -0.2) is 54.0 Å². The molecule has 1 saturated heterocycles. The first-order valence-electron chi connectivity index (χ1n) is 5.90. The van der Waals surface area contributed by atoms with Crippen molar-refractivity contribution in [3.8, 4) is 0 Å². The van der Waals surface area contributed by atoms with Gasteiger partial charge in [-0.3, -0.25) is 0 Å². The highest BCUT2D eigenvalue weighted by molar-refractivity contribution is 5.87. The van der Waals surface area contributed by atoms with E-state index in [2.05, 4.69) is 6.58 Å². The van der Waals surface area contributed by atoms with E-state index in [-0.39, 0.29) is 38.2 Å². The number of aliphatic hydroxyl groups excluding tert-OH is 3. The lowest BCUT2D eigenvalue weighted by Gasteiger charge is -2.28. The summed E-state index contributed by atoms with van der Waals surface area (Å²) in [6.07, 6.45) is 0.711. The highest BCUT2D eigenvalue weighted by Gasteiger charge is 2.29. The zero-order valence-corrected chi connectivity index (χ0v) is 10.3. The average Bonchev–Trinajstić information content (AvgIpc) is 2.35. The first kappa shape index (κ1) is 15.1. The van der Waals surface area contributed by atoms with Gasteiger partial charge >= 0.3 is 5.97 Å². The van der Waals surface area contributed by atoms with Crippen molar-refractivity contribution in [2.75, 3.05) is 26.4 Å². The molecule has 1 aliphatic heterocycles. The summed E-state index contributed by atoms with van der Waals surface area (Å²) in [5, 5.41) is 27.4. The van der Waals surface area contributed by atoms with Gasteiger partial charge in [-0.2, -0.15) is 0 Å². The van der Waals surface area contributed by atoms with E-state index in [9.17, 15) is 4.79 Å². The molecular formula is C12H20O6. The van der Waals surface area contributed by atoms with Gasteiger partial charge in [-0.1, -0.05) is 6.58 Å². The van der Waals surface area contributed by atoms with Crippen molar-refractivity contribution in [3.63, 3.8) is 0 Å². The summed E-state index contributed by atoms with van der Waals surface area (Å²) in [5.41, 5.74) is -0.749. The summed E-state index contributed by atoms with van der Waals surface area (Å²) < 4.78 is 9.92. The Balaban J connectivity index is 2.36. The van der Waals surface area contributed by atoms with Gasteiger partial charge in [-0.25, -0.2) is 4.79 Å². The molecule has 0 aliphatic carbocycles. The van der Waals surface area contributed by atoms with Gasteiger partial charge in [-0.15, -0.1) is 0 Å². The minimum absolute atomic E-state index is 0.241. The number of ether oxygens (including phenoxy) is 2. The summed E-state index contributed by atoms with van der Waals surface area (Å²) in [7, 11) is 0. The van der Waals surface area contributed by atoms with Crippen LogP contribution in [0.2, 0.25) is 0 Å². The van der Waals surface area contributed by atoms with Crippen LogP contribution in [0.1, 0.15) is 19.3 Å². The van der Waals surface area contributed by atoms with Crippen LogP contribution in [-0.2, 0) is 14.3 Å². The lowest BCUT2D eigenvalue weighted by atomic mass is 9.84. The first-order chi connectivity index (χ1) is 8.56. The summed E-state index contributed by atoms with van der Waals surface area (Å²) in [4.78, 5) is 11.5. The number of rotatable bonds is 8. The Morgan fingerprint density at radius 1 is 1.33 bits per heavy atom. The van der Waals surface area contributed by atoms with Gasteiger partial charge in [0.1, 0.15) is 0 Å². The molecule has 1 aliphatic rings. The van der Waals surface area contributed by atoms with Crippen molar-refractivity contribution in [1.29, 1.82) is 0 Å². The van der Waals surface area contributed by atoms with Gasteiger partial charge in [0.2, 0.25) is 6.29 Å². The molecule has 104 valence electrons. The van der Waals surface area contributed by atoms with E-state index in [1.54, 1.807) is 0 Å². The Hall–Kier alpha value is -0.950. The summed E-state index contributed by atoms with van der Waals surface area (Å²) in [5.74, 6) is -0.539. The molecule has 6 nitrogen and oxygen atoms in total. The van der Waals surface area contributed by atoms with Crippen LogP contribution >= 0.6 is 0 Å². The molecule has 0 spiro atoms. The third-order valence-corrected chi connectivity index (χ3v) is 3.15. The Labute approximate surface area is 106 Å². The standard InChI is InChI=1S/C12H20O6/c1-9(11(16)18-10-3-5-17-10)2-4-12(6-13,7-14)8-15/h10,13-15H,1-8H2. The number of aliphatic hydroxyl groups is 3. The predicted molar refractivity (Wildman–Crippen MR) is 62.5 cm³/mol. The molecular weight excluding hydrogens is 240 g/mol. The summed E-state index contributed by atoms with van der Waals surface area (Å²) >= 11 is 0. The van der Waals surface area contributed by atoms with Crippen LogP contribution in [0, 0.1) is 5.41 Å². The molecule has 0 amide bonds. The normalized spacial score (nSPS) is 19.2. The zero-order valence-electron chi connectivity index (χ0n) is 10.3. The van der Waals surface area contributed by atoms with E-state index in [0.29, 0.717) is 13.0 Å². The third-order valence-electron chi connectivity index (χ3n) is 3.15. The van der Waals surface area contributed by atoms with Crippen molar-refractivity contribution >= 4 is 5.97 Å². The minimum atomic E-state index is -0.990. The fourth-order valence-corrected chi connectivity index (χ4v) is 1.42. The molecule has 0 aromatic heterocycles. The lowest BCUT2D eigenvalue weighted by molar-refractivity contribution is -0.213. The second kappa shape index (κ2) is 6.84. The molecule has 1 atom stereocenters. The number of carbonyl (C=O) groups excluding carboxylic acids is 1. The molecule has 0 aromatic rings. The molecule has 0 bridgehead atoms. The van der Waals surface area contributed by atoms with Crippen LogP contribution in [0.3, 0.4) is 0 Å². The molecule has 1 unspecified atom stereocenters. The number of hydrogen-bond acceptors (Lipinski definition) is 6. The third kappa shape index (κ3) is 3.78. The zero-order chi connectivity index (χ0) is 13.6. The molecule has 0 saturated carbocycles. The van der Waals surface area contributed by atoms with Gasteiger partial charge in [0.05, 0.1) is 26.4 Å². The highest BCUT2D eigenvalue weighted by atomic mass is 16.7. The quantitative estimate of drug-likeness (QED) is 0.405. The Bertz CT molecular complexity index is 285. The van der Waals surface area contributed by atoms with E-state index in [0.717, 1.165) is 0 Å². The maximum absolute atomic E-state index is 11.5. The molecule has 1 rings (SSSR count). The van der Waals surface area contributed by atoms with Gasteiger partial charge in [0, 0.05) is 17.4 Å².